The Morgan fingerprint density at radius 1 is 1.26 bits per heavy atom. The van der Waals surface area contributed by atoms with E-state index in [-0.39, 0.29) is 0 Å². The largest absolute Gasteiger partial charge is 0.350 e. The Hall–Kier alpha value is -0.790. The van der Waals surface area contributed by atoms with Crippen molar-refractivity contribution in [1.29, 1.82) is 0 Å². The van der Waals surface area contributed by atoms with Crippen LogP contribution in [-0.4, -0.2) is 47.8 Å². The Morgan fingerprint density at radius 3 is 2.22 bits per heavy atom. The summed E-state index contributed by atoms with van der Waals surface area (Å²) in [6.07, 6.45) is -0.377. The number of urea groups is 1. The van der Waals surface area contributed by atoms with E-state index in [9.17, 15) is 4.79 Å². The first kappa shape index (κ1) is 20.3. The zero-order valence-electron chi connectivity index (χ0n) is 14.2. The van der Waals surface area contributed by atoms with Gasteiger partial charge in [-0.25, -0.2) is 10.2 Å². The van der Waals surface area contributed by atoms with Crippen molar-refractivity contribution >= 4 is 46.3 Å². The van der Waals surface area contributed by atoms with Crippen molar-refractivity contribution in [2.45, 2.75) is 27.7 Å². The van der Waals surface area contributed by atoms with Gasteiger partial charge in [-0.1, -0.05) is 39.5 Å². The molecule has 0 bridgehead atoms. The minimum atomic E-state index is -1.98. The molecular formula is C14H26N5OPS2. The van der Waals surface area contributed by atoms with Crippen molar-refractivity contribution in [3.63, 3.8) is 0 Å². The van der Waals surface area contributed by atoms with Crippen molar-refractivity contribution in [1.82, 2.24) is 14.8 Å². The smallest absolute Gasteiger partial charge is 0.332 e. The van der Waals surface area contributed by atoms with Gasteiger partial charge < -0.3 is 5.73 Å². The molecule has 0 unspecified atom stereocenters. The van der Waals surface area contributed by atoms with E-state index in [1.807, 2.05) is 6.07 Å². The van der Waals surface area contributed by atoms with E-state index in [0.29, 0.717) is 0 Å². The van der Waals surface area contributed by atoms with Crippen LogP contribution in [0.25, 0.3) is 0 Å². The second kappa shape index (κ2) is 9.49. The SMILES string of the molecule is CCN(CC)P(=S)(c1ccc(/C=N/NC(N)=O)s1)N(CC)CC. The van der Waals surface area contributed by atoms with Crippen molar-refractivity contribution < 1.29 is 4.79 Å². The summed E-state index contributed by atoms with van der Waals surface area (Å²) in [5.41, 5.74) is 7.21. The average molecular weight is 376 g/mol. The molecule has 0 atom stereocenters. The Labute approximate surface area is 147 Å². The van der Waals surface area contributed by atoms with Gasteiger partial charge in [-0.15, -0.1) is 11.3 Å². The fourth-order valence-corrected chi connectivity index (χ4v) is 9.12. The third kappa shape index (κ3) is 4.84. The maximum absolute atomic E-state index is 10.7. The predicted octanol–water partition coefficient (Wildman–Crippen LogP) is 2.37. The highest BCUT2D eigenvalue weighted by Gasteiger charge is 2.32. The quantitative estimate of drug-likeness (QED) is 0.395. The molecule has 0 aliphatic rings. The summed E-state index contributed by atoms with van der Waals surface area (Å²) in [5, 5.41) is 3.82. The van der Waals surface area contributed by atoms with Gasteiger partial charge in [0.25, 0.3) is 0 Å². The van der Waals surface area contributed by atoms with Gasteiger partial charge in [-0.2, -0.15) is 5.10 Å². The van der Waals surface area contributed by atoms with Crippen LogP contribution in [0.5, 0.6) is 0 Å². The number of amides is 2. The molecule has 0 spiro atoms. The molecule has 6 nitrogen and oxygen atoms in total. The van der Waals surface area contributed by atoms with Gasteiger partial charge in [0.05, 0.1) is 10.8 Å². The van der Waals surface area contributed by atoms with E-state index in [0.717, 1.165) is 31.1 Å². The summed E-state index contributed by atoms with van der Waals surface area (Å²) in [4.78, 5) is 11.6. The van der Waals surface area contributed by atoms with E-state index >= 15 is 0 Å². The Morgan fingerprint density at radius 2 is 1.78 bits per heavy atom. The normalized spacial score (nSPS) is 12.4. The summed E-state index contributed by atoms with van der Waals surface area (Å²) < 4.78 is 5.98. The molecule has 0 aromatic carbocycles. The maximum atomic E-state index is 10.7. The molecule has 0 saturated heterocycles. The summed E-state index contributed by atoms with van der Waals surface area (Å²) in [6.45, 7) is 12.3. The summed E-state index contributed by atoms with van der Waals surface area (Å²) in [7, 11) is 0. The van der Waals surface area contributed by atoms with Gasteiger partial charge in [0.1, 0.15) is 6.34 Å². The number of rotatable bonds is 9. The predicted molar refractivity (Wildman–Crippen MR) is 104 cm³/mol. The first-order valence-electron chi connectivity index (χ1n) is 7.73. The van der Waals surface area contributed by atoms with Crippen molar-refractivity contribution in [3.8, 4) is 0 Å². The number of hydrogen-bond acceptors (Lipinski definition) is 4. The van der Waals surface area contributed by atoms with Crippen LogP contribution in [0.1, 0.15) is 32.6 Å². The van der Waals surface area contributed by atoms with Crippen LogP contribution >= 0.6 is 17.7 Å². The van der Waals surface area contributed by atoms with Crippen LogP contribution in [0.3, 0.4) is 0 Å². The van der Waals surface area contributed by atoms with Gasteiger partial charge in [0.15, 0.2) is 0 Å². The van der Waals surface area contributed by atoms with Crippen LogP contribution in [0, 0.1) is 0 Å². The van der Waals surface area contributed by atoms with E-state index in [1.165, 1.54) is 4.62 Å². The second-order valence-electron chi connectivity index (χ2n) is 4.73. The summed E-state index contributed by atoms with van der Waals surface area (Å²) in [6, 6.07) is 3.41. The molecule has 1 aromatic rings. The molecule has 3 N–H and O–H groups in total. The first-order chi connectivity index (χ1) is 10.9. The number of hydrogen-bond donors (Lipinski definition) is 2. The Bertz CT molecular complexity index is 565. The van der Waals surface area contributed by atoms with Crippen molar-refractivity contribution in [2.24, 2.45) is 10.8 Å². The highest BCUT2D eigenvalue weighted by Crippen LogP contribution is 2.53. The minimum absolute atomic E-state index is 0.672. The molecule has 0 saturated carbocycles. The Kier molecular flexibility index (Phi) is 8.36. The molecule has 9 heteroatoms. The molecule has 130 valence electrons. The number of carbonyl (C=O) groups excluding carboxylic acids is 1. The van der Waals surface area contributed by atoms with Crippen LogP contribution in [0.15, 0.2) is 17.2 Å². The third-order valence-electron chi connectivity index (χ3n) is 3.49. The third-order valence-corrected chi connectivity index (χ3v) is 11.1. The average Bonchev–Trinajstić information content (AvgIpc) is 2.98. The number of hydrazone groups is 1. The van der Waals surface area contributed by atoms with Crippen LogP contribution in [0.2, 0.25) is 0 Å². The van der Waals surface area contributed by atoms with E-state index < -0.39 is 12.4 Å². The monoisotopic (exact) mass is 375 g/mol. The van der Waals surface area contributed by atoms with E-state index in [2.05, 4.69) is 53.6 Å². The zero-order valence-corrected chi connectivity index (χ0v) is 16.7. The standard InChI is InChI=1S/C14H26N5OPS2/c1-5-18(6-2)21(22,19(7-3)8-4)13-10-9-12(23-13)11-16-17-14(15)20/h9-11H,5-8H2,1-4H3,(H3,15,17,20)/b16-11+. The topological polar surface area (TPSA) is 74.0 Å². The van der Waals surface area contributed by atoms with Gasteiger partial charge >= 0.3 is 6.03 Å². The van der Waals surface area contributed by atoms with Crippen LogP contribution < -0.4 is 15.8 Å². The fourth-order valence-electron chi connectivity index (χ4n) is 2.40. The number of carbonyl (C=O) groups is 1. The molecule has 1 aromatic heterocycles. The van der Waals surface area contributed by atoms with Crippen LogP contribution in [0.4, 0.5) is 4.79 Å². The Balaban J connectivity index is 3.18. The van der Waals surface area contributed by atoms with Gasteiger partial charge in [0, 0.05) is 31.1 Å². The highest BCUT2D eigenvalue weighted by molar-refractivity contribution is 8.17. The van der Waals surface area contributed by atoms with E-state index in [1.54, 1.807) is 17.6 Å². The lowest BCUT2D eigenvalue weighted by Gasteiger charge is -2.40. The molecule has 1 rings (SSSR count). The lowest BCUT2D eigenvalue weighted by Crippen LogP contribution is -2.36. The molecule has 0 aliphatic heterocycles. The second-order valence-corrected chi connectivity index (χ2v) is 10.4. The molecule has 2 amide bonds. The first-order valence-corrected chi connectivity index (χ1v) is 11.3. The minimum Gasteiger partial charge on any atom is -0.350 e. The lowest BCUT2D eigenvalue weighted by atomic mass is 10.5. The highest BCUT2D eigenvalue weighted by atomic mass is 32.4. The molecule has 0 aliphatic carbocycles. The van der Waals surface area contributed by atoms with Gasteiger partial charge in [-0.3, -0.25) is 9.34 Å². The molecule has 23 heavy (non-hydrogen) atoms. The fraction of sp³-hybridized carbons (Fsp3) is 0.571. The van der Waals surface area contributed by atoms with E-state index in [4.69, 9.17) is 17.5 Å². The lowest BCUT2D eigenvalue weighted by molar-refractivity contribution is 0.249. The maximum Gasteiger partial charge on any atom is 0.332 e. The number of thiophene rings is 1. The number of nitrogens with two attached hydrogens (primary N) is 1. The number of nitrogens with one attached hydrogen (secondary N) is 1. The number of primary amides is 1. The van der Waals surface area contributed by atoms with Crippen LogP contribution in [-0.2, 0) is 11.8 Å². The molecular weight excluding hydrogens is 349 g/mol. The number of nitrogens with zero attached hydrogens (tertiary/aromatic N) is 3. The van der Waals surface area contributed by atoms with Gasteiger partial charge in [0.2, 0.25) is 0 Å². The molecule has 1 heterocycles. The zero-order chi connectivity index (χ0) is 17.5. The van der Waals surface area contributed by atoms with Crippen molar-refractivity contribution in [2.75, 3.05) is 26.2 Å². The summed E-state index contributed by atoms with van der Waals surface area (Å²) in [5.74, 6) is 0. The van der Waals surface area contributed by atoms with Gasteiger partial charge in [-0.05, 0) is 12.1 Å². The molecule has 0 fully saturated rings. The molecule has 0 radical (unpaired) electrons. The van der Waals surface area contributed by atoms with Crippen molar-refractivity contribution in [3.05, 3.63) is 17.0 Å². The summed E-state index contributed by atoms with van der Waals surface area (Å²) >= 11 is 7.84.